The Labute approximate surface area is 54.6 Å². The van der Waals surface area contributed by atoms with Gasteiger partial charge in [-0.2, -0.15) is 0 Å². The first kappa shape index (κ1) is 4.47. The van der Waals surface area contributed by atoms with Crippen molar-refractivity contribution in [1.29, 1.82) is 0 Å². The average molecular weight is 139 g/mol. The maximum absolute atomic E-state index is 4.02. The smallest absolute Gasteiger partial charge is 0.101 e. The number of hydrogen-bond donors (Lipinski definition) is 0. The summed E-state index contributed by atoms with van der Waals surface area (Å²) in [5.74, 6) is 0. The molecule has 0 aromatic carbocycles. The number of thiophene rings is 1. The van der Waals surface area contributed by atoms with E-state index in [2.05, 4.69) is 15.7 Å². The standard InChI is InChI=1S/C5HNS2/c1-4-5(2-7-1)8-3-6-4/h3H. The van der Waals surface area contributed by atoms with Crippen LogP contribution in [0.4, 0.5) is 0 Å². The second kappa shape index (κ2) is 1.53. The van der Waals surface area contributed by atoms with Crippen molar-refractivity contribution < 1.29 is 0 Å². The van der Waals surface area contributed by atoms with E-state index in [9.17, 15) is 0 Å². The van der Waals surface area contributed by atoms with E-state index in [1.807, 2.05) is 5.51 Å². The molecule has 2 aromatic rings. The lowest BCUT2D eigenvalue weighted by molar-refractivity contribution is 1.52. The third-order valence-electron chi connectivity index (χ3n) is 0.859. The van der Waals surface area contributed by atoms with Gasteiger partial charge in [-0.15, -0.1) is 22.7 Å². The molecule has 38 valence electrons. The van der Waals surface area contributed by atoms with Gasteiger partial charge in [-0.1, -0.05) is 0 Å². The summed E-state index contributed by atoms with van der Waals surface area (Å²) in [4.78, 5) is 4.02. The highest BCUT2D eigenvalue weighted by molar-refractivity contribution is 7.20. The third kappa shape index (κ3) is 0.485. The zero-order valence-corrected chi connectivity index (χ0v) is 5.47. The number of nitrogens with zero attached hydrogens (tertiary/aromatic N) is 1. The highest BCUT2D eigenvalue weighted by Gasteiger charge is 1.94. The van der Waals surface area contributed by atoms with Crippen molar-refractivity contribution in [3.8, 4) is 0 Å². The van der Waals surface area contributed by atoms with E-state index in [0.717, 1.165) is 10.2 Å². The van der Waals surface area contributed by atoms with Gasteiger partial charge in [0.1, 0.15) is 5.52 Å². The molecule has 0 spiro atoms. The molecule has 0 bridgehead atoms. The maximum Gasteiger partial charge on any atom is 0.101 e. The Morgan fingerprint density at radius 3 is 3.38 bits per heavy atom. The Morgan fingerprint density at radius 1 is 1.50 bits per heavy atom. The van der Waals surface area contributed by atoms with Crippen molar-refractivity contribution in [2.24, 2.45) is 0 Å². The van der Waals surface area contributed by atoms with Crippen molar-refractivity contribution >= 4 is 32.9 Å². The van der Waals surface area contributed by atoms with E-state index in [1.165, 1.54) is 11.3 Å². The first-order valence-corrected chi connectivity index (χ1v) is 3.78. The van der Waals surface area contributed by atoms with Crippen LogP contribution in [0, 0.1) is 10.8 Å². The lowest BCUT2D eigenvalue weighted by Crippen LogP contribution is -1.50. The first-order chi connectivity index (χ1) is 3.97. The van der Waals surface area contributed by atoms with Crippen LogP contribution >= 0.6 is 22.7 Å². The fourth-order valence-electron chi connectivity index (χ4n) is 0.512. The molecule has 8 heavy (non-hydrogen) atoms. The zero-order valence-electron chi connectivity index (χ0n) is 3.84. The van der Waals surface area contributed by atoms with Gasteiger partial charge >= 0.3 is 0 Å². The minimum atomic E-state index is 0.958. The van der Waals surface area contributed by atoms with Crippen LogP contribution in [-0.4, -0.2) is 4.98 Å². The lowest BCUT2D eigenvalue weighted by Gasteiger charge is -1.60. The Kier molecular flexibility index (Phi) is 0.856. The van der Waals surface area contributed by atoms with Crippen LogP contribution in [0.1, 0.15) is 0 Å². The van der Waals surface area contributed by atoms with Gasteiger partial charge in [0.25, 0.3) is 0 Å². The average Bonchev–Trinajstić information content (AvgIpc) is 2.15. The molecule has 2 heterocycles. The summed E-state index contributed by atoms with van der Waals surface area (Å²) in [6, 6.07) is 0. The van der Waals surface area contributed by atoms with E-state index >= 15 is 0 Å². The van der Waals surface area contributed by atoms with Gasteiger partial charge in [-0.25, -0.2) is 4.98 Å². The second-order valence-corrected chi connectivity index (χ2v) is 2.80. The van der Waals surface area contributed by atoms with Crippen LogP contribution in [-0.2, 0) is 0 Å². The van der Waals surface area contributed by atoms with Gasteiger partial charge in [0.2, 0.25) is 0 Å². The summed E-state index contributed by atoms with van der Waals surface area (Å²) in [6.07, 6.45) is 0. The molecule has 0 aliphatic rings. The van der Waals surface area contributed by atoms with Crippen LogP contribution in [0.15, 0.2) is 5.51 Å². The van der Waals surface area contributed by atoms with Gasteiger partial charge in [-0.05, 0) is 0 Å². The van der Waals surface area contributed by atoms with E-state index in [0.29, 0.717) is 0 Å². The van der Waals surface area contributed by atoms with Crippen molar-refractivity contribution in [2.45, 2.75) is 0 Å². The molecule has 2 aromatic heterocycles. The number of hydrogen-bond acceptors (Lipinski definition) is 3. The summed E-state index contributed by atoms with van der Waals surface area (Å²) < 4.78 is 1.12. The van der Waals surface area contributed by atoms with E-state index < -0.39 is 0 Å². The quantitative estimate of drug-likeness (QED) is 0.543. The van der Waals surface area contributed by atoms with Crippen molar-refractivity contribution in [2.75, 3.05) is 0 Å². The van der Waals surface area contributed by atoms with Crippen molar-refractivity contribution in [3.05, 3.63) is 16.3 Å². The fraction of sp³-hybridized carbons (Fsp3) is 0. The van der Waals surface area contributed by atoms with Gasteiger partial charge < -0.3 is 0 Å². The largest absolute Gasteiger partial charge is 0.243 e. The first-order valence-electron chi connectivity index (χ1n) is 2.08. The summed E-state index contributed by atoms with van der Waals surface area (Å²) in [5, 5.41) is 6.03. The second-order valence-electron chi connectivity index (χ2n) is 1.34. The van der Waals surface area contributed by atoms with Crippen LogP contribution in [0.2, 0.25) is 0 Å². The monoisotopic (exact) mass is 139 g/mol. The normalized spacial score (nSPS) is 10.5. The highest BCUT2D eigenvalue weighted by atomic mass is 32.1. The third-order valence-corrected chi connectivity index (χ3v) is 2.33. The summed E-state index contributed by atoms with van der Waals surface area (Å²) in [6.45, 7) is 0. The highest BCUT2D eigenvalue weighted by Crippen LogP contribution is 2.19. The molecule has 0 unspecified atom stereocenters. The summed E-state index contributed by atoms with van der Waals surface area (Å²) in [5.41, 5.74) is 2.77. The molecule has 0 amide bonds. The number of thiazole rings is 1. The van der Waals surface area contributed by atoms with Gasteiger partial charge in [0.15, 0.2) is 0 Å². The Hall–Kier alpha value is -0.410. The topological polar surface area (TPSA) is 12.9 Å². The zero-order chi connectivity index (χ0) is 5.40. The Balaban J connectivity index is 3.06. The van der Waals surface area contributed by atoms with E-state index in [-0.39, 0.29) is 0 Å². The predicted octanol–water partition coefficient (Wildman–Crippen LogP) is 1.96. The van der Waals surface area contributed by atoms with E-state index in [4.69, 9.17) is 0 Å². The van der Waals surface area contributed by atoms with Crippen molar-refractivity contribution in [3.63, 3.8) is 0 Å². The van der Waals surface area contributed by atoms with Crippen LogP contribution < -0.4 is 0 Å². The van der Waals surface area contributed by atoms with Crippen LogP contribution in [0.25, 0.3) is 10.2 Å². The molecule has 0 N–H and O–H groups in total. The minimum Gasteiger partial charge on any atom is -0.243 e. The number of fused-ring (bicyclic) bond motifs is 1. The van der Waals surface area contributed by atoms with Gasteiger partial charge in [0.05, 0.1) is 21.0 Å². The number of aromatic nitrogens is 1. The van der Waals surface area contributed by atoms with Crippen LogP contribution in [0.5, 0.6) is 0 Å². The molecule has 2 rings (SSSR count). The molecule has 2 radical (unpaired) electrons. The molecule has 0 saturated carbocycles. The molecule has 0 atom stereocenters. The maximum atomic E-state index is 4.02. The fourth-order valence-corrected chi connectivity index (χ4v) is 1.86. The Bertz CT molecular complexity index is 232. The Morgan fingerprint density at radius 2 is 2.50 bits per heavy atom. The molecular formula is C5HNS2. The molecule has 0 aliphatic heterocycles. The van der Waals surface area contributed by atoms with Crippen molar-refractivity contribution in [1.82, 2.24) is 4.98 Å². The molecule has 0 fully saturated rings. The molecule has 3 heteroatoms. The van der Waals surface area contributed by atoms with Gasteiger partial charge in [-0.3, -0.25) is 0 Å². The lowest BCUT2D eigenvalue weighted by atomic mass is 10.6. The van der Waals surface area contributed by atoms with Gasteiger partial charge in [0, 0.05) is 0 Å². The number of rotatable bonds is 0. The minimum absolute atomic E-state index is 0.958. The summed E-state index contributed by atoms with van der Waals surface area (Å²) in [7, 11) is 0. The van der Waals surface area contributed by atoms with Crippen LogP contribution in [0.3, 0.4) is 0 Å². The molecule has 0 aliphatic carbocycles. The molecular weight excluding hydrogens is 138 g/mol. The summed E-state index contributed by atoms with van der Waals surface area (Å²) >= 11 is 3.06. The SMILES string of the molecule is [c]1s[c]c2scnc12. The predicted molar refractivity (Wildman–Crippen MR) is 35.2 cm³/mol. The molecule has 0 saturated heterocycles. The molecule has 1 nitrogen and oxygen atoms in total. The van der Waals surface area contributed by atoms with E-state index in [1.54, 1.807) is 11.3 Å².